The standard InChI is InChI=1S/C14H12O3/c15-13-11-7-6-10(8-12(11)14(16)17-13)9-4-2-1-3-5-9/h1-6,11-12H,7-8H2/t11-,12-/m0/s1. The molecule has 0 N–H and O–H groups in total. The summed E-state index contributed by atoms with van der Waals surface area (Å²) < 4.78 is 4.68. The van der Waals surface area contributed by atoms with Gasteiger partial charge in [-0.15, -0.1) is 0 Å². The largest absolute Gasteiger partial charge is 0.393 e. The van der Waals surface area contributed by atoms with E-state index in [9.17, 15) is 9.59 Å². The van der Waals surface area contributed by atoms with Gasteiger partial charge in [-0.1, -0.05) is 36.4 Å². The Hall–Kier alpha value is -1.90. The summed E-state index contributed by atoms with van der Waals surface area (Å²) in [5, 5.41) is 0. The Balaban J connectivity index is 1.90. The number of esters is 2. The quantitative estimate of drug-likeness (QED) is 0.546. The van der Waals surface area contributed by atoms with Crippen LogP contribution in [0.1, 0.15) is 18.4 Å². The molecule has 2 aliphatic rings. The monoisotopic (exact) mass is 228 g/mol. The molecule has 3 rings (SSSR count). The molecule has 0 spiro atoms. The summed E-state index contributed by atoms with van der Waals surface area (Å²) in [6.45, 7) is 0. The minimum atomic E-state index is -0.360. The van der Waals surface area contributed by atoms with Crippen molar-refractivity contribution >= 4 is 17.5 Å². The van der Waals surface area contributed by atoms with E-state index in [0.717, 1.165) is 11.1 Å². The second-order valence-electron chi connectivity index (χ2n) is 4.49. The maximum Gasteiger partial charge on any atom is 0.317 e. The predicted molar refractivity (Wildman–Crippen MR) is 61.7 cm³/mol. The van der Waals surface area contributed by atoms with E-state index in [1.165, 1.54) is 0 Å². The van der Waals surface area contributed by atoms with E-state index >= 15 is 0 Å². The highest BCUT2D eigenvalue weighted by Crippen LogP contribution is 2.39. The fourth-order valence-electron chi connectivity index (χ4n) is 2.54. The maximum absolute atomic E-state index is 11.5. The number of hydrogen-bond donors (Lipinski definition) is 0. The Labute approximate surface area is 99.1 Å². The first-order valence-corrected chi connectivity index (χ1v) is 5.75. The SMILES string of the molecule is O=C1OC(=O)[C@H]2CC(c3ccccc3)=CC[C@H]12. The molecular weight excluding hydrogens is 216 g/mol. The Morgan fingerprint density at radius 3 is 2.47 bits per heavy atom. The number of carbonyl (C=O) groups is 2. The normalized spacial score (nSPS) is 27.4. The van der Waals surface area contributed by atoms with Gasteiger partial charge >= 0.3 is 11.9 Å². The molecular formula is C14H12O3. The van der Waals surface area contributed by atoms with Gasteiger partial charge < -0.3 is 4.74 Å². The van der Waals surface area contributed by atoms with Crippen LogP contribution < -0.4 is 0 Å². The Morgan fingerprint density at radius 1 is 1.00 bits per heavy atom. The van der Waals surface area contributed by atoms with Crippen LogP contribution in [0.4, 0.5) is 0 Å². The molecule has 3 heteroatoms. The third kappa shape index (κ3) is 1.68. The van der Waals surface area contributed by atoms with Crippen molar-refractivity contribution in [2.24, 2.45) is 11.8 Å². The molecule has 0 amide bonds. The summed E-state index contributed by atoms with van der Waals surface area (Å²) in [6.07, 6.45) is 3.27. The number of carbonyl (C=O) groups excluding carboxylic acids is 2. The first-order chi connectivity index (χ1) is 8.25. The first-order valence-electron chi connectivity index (χ1n) is 5.75. The van der Waals surface area contributed by atoms with Crippen LogP contribution in [0.3, 0.4) is 0 Å². The smallest absolute Gasteiger partial charge is 0.317 e. The third-order valence-electron chi connectivity index (χ3n) is 3.49. The molecule has 0 unspecified atom stereocenters. The molecule has 1 heterocycles. The molecule has 3 nitrogen and oxygen atoms in total. The van der Waals surface area contributed by atoms with E-state index in [-0.39, 0.29) is 23.8 Å². The van der Waals surface area contributed by atoms with Crippen LogP contribution in [0.2, 0.25) is 0 Å². The molecule has 1 saturated heterocycles. The van der Waals surface area contributed by atoms with Gasteiger partial charge in [0, 0.05) is 0 Å². The molecule has 1 aromatic rings. The summed E-state index contributed by atoms with van der Waals surface area (Å²) in [7, 11) is 0. The molecule has 1 aliphatic carbocycles. The lowest BCUT2D eigenvalue weighted by molar-refractivity contribution is -0.153. The fraction of sp³-hybridized carbons (Fsp3) is 0.286. The van der Waals surface area contributed by atoms with Crippen molar-refractivity contribution < 1.29 is 14.3 Å². The van der Waals surface area contributed by atoms with Crippen LogP contribution in [0.15, 0.2) is 36.4 Å². The fourth-order valence-corrected chi connectivity index (χ4v) is 2.54. The number of fused-ring (bicyclic) bond motifs is 1. The zero-order valence-electron chi connectivity index (χ0n) is 9.26. The third-order valence-corrected chi connectivity index (χ3v) is 3.49. The molecule has 1 fully saturated rings. The van der Waals surface area contributed by atoms with Gasteiger partial charge in [-0.2, -0.15) is 0 Å². The van der Waals surface area contributed by atoms with E-state index < -0.39 is 0 Å². The average molecular weight is 228 g/mol. The van der Waals surface area contributed by atoms with Gasteiger partial charge in [0.25, 0.3) is 0 Å². The summed E-state index contributed by atoms with van der Waals surface area (Å²) in [4.78, 5) is 22.9. The Kier molecular flexibility index (Phi) is 2.32. The van der Waals surface area contributed by atoms with Gasteiger partial charge in [-0.25, -0.2) is 0 Å². The number of allylic oxidation sites excluding steroid dienone is 2. The van der Waals surface area contributed by atoms with Crippen molar-refractivity contribution in [2.45, 2.75) is 12.8 Å². The first kappa shape index (κ1) is 10.3. The molecule has 1 aromatic carbocycles. The van der Waals surface area contributed by atoms with Gasteiger partial charge in [0.15, 0.2) is 0 Å². The van der Waals surface area contributed by atoms with E-state index in [2.05, 4.69) is 10.8 Å². The zero-order chi connectivity index (χ0) is 11.8. The molecule has 0 radical (unpaired) electrons. The molecule has 17 heavy (non-hydrogen) atoms. The molecule has 2 atom stereocenters. The summed E-state index contributed by atoms with van der Waals surface area (Å²) in [5.74, 6) is -1.25. The van der Waals surface area contributed by atoms with Crippen LogP contribution in [-0.2, 0) is 14.3 Å². The van der Waals surface area contributed by atoms with Crippen molar-refractivity contribution in [1.29, 1.82) is 0 Å². The second-order valence-corrected chi connectivity index (χ2v) is 4.49. The summed E-state index contributed by atoms with van der Waals surface area (Å²) >= 11 is 0. The van der Waals surface area contributed by atoms with E-state index in [1.54, 1.807) is 0 Å². The zero-order valence-corrected chi connectivity index (χ0v) is 9.26. The van der Waals surface area contributed by atoms with Crippen molar-refractivity contribution in [1.82, 2.24) is 0 Å². The van der Waals surface area contributed by atoms with Gasteiger partial charge in [-0.05, 0) is 24.0 Å². The highest BCUT2D eigenvalue weighted by Gasteiger charge is 2.45. The van der Waals surface area contributed by atoms with Gasteiger partial charge in [-0.3, -0.25) is 9.59 Å². The van der Waals surface area contributed by atoms with E-state index in [1.807, 2.05) is 30.3 Å². The minimum absolute atomic E-state index is 0.255. The van der Waals surface area contributed by atoms with Crippen molar-refractivity contribution in [3.63, 3.8) is 0 Å². The average Bonchev–Trinajstić information content (AvgIpc) is 2.66. The predicted octanol–water partition coefficient (Wildman–Crippen LogP) is 2.18. The second kappa shape index (κ2) is 3.84. The number of cyclic esters (lactones) is 2. The molecule has 1 aliphatic heterocycles. The number of hydrogen-bond acceptors (Lipinski definition) is 3. The lowest BCUT2D eigenvalue weighted by atomic mass is 9.79. The van der Waals surface area contributed by atoms with Crippen LogP contribution >= 0.6 is 0 Å². The number of benzene rings is 1. The van der Waals surface area contributed by atoms with Crippen LogP contribution in [-0.4, -0.2) is 11.9 Å². The van der Waals surface area contributed by atoms with Crippen LogP contribution in [0.5, 0.6) is 0 Å². The highest BCUT2D eigenvalue weighted by atomic mass is 16.6. The lowest BCUT2D eigenvalue weighted by Crippen LogP contribution is -2.21. The van der Waals surface area contributed by atoms with E-state index in [0.29, 0.717) is 12.8 Å². The van der Waals surface area contributed by atoms with Crippen molar-refractivity contribution in [3.8, 4) is 0 Å². The van der Waals surface area contributed by atoms with Crippen LogP contribution in [0, 0.1) is 11.8 Å². The van der Waals surface area contributed by atoms with E-state index in [4.69, 9.17) is 0 Å². The van der Waals surface area contributed by atoms with Gasteiger partial charge in [0.2, 0.25) is 0 Å². The topological polar surface area (TPSA) is 43.4 Å². The molecule has 86 valence electrons. The lowest BCUT2D eigenvalue weighted by Gasteiger charge is -2.20. The van der Waals surface area contributed by atoms with Gasteiger partial charge in [0.1, 0.15) is 0 Å². The summed E-state index contributed by atoms with van der Waals surface area (Å²) in [6, 6.07) is 9.95. The number of rotatable bonds is 1. The Morgan fingerprint density at radius 2 is 1.71 bits per heavy atom. The maximum atomic E-state index is 11.5. The Bertz CT molecular complexity index is 501. The van der Waals surface area contributed by atoms with Crippen molar-refractivity contribution in [2.75, 3.05) is 0 Å². The molecule has 0 aromatic heterocycles. The van der Waals surface area contributed by atoms with Crippen molar-refractivity contribution in [3.05, 3.63) is 42.0 Å². The minimum Gasteiger partial charge on any atom is -0.393 e. The molecule has 0 saturated carbocycles. The summed E-state index contributed by atoms with van der Waals surface area (Å²) in [5.41, 5.74) is 2.26. The molecule has 0 bridgehead atoms. The highest BCUT2D eigenvalue weighted by molar-refractivity contribution is 5.98. The van der Waals surface area contributed by atoms with Crippen LogP contribution in [0.25, 0.3) is 5.57 Å². The van der Waals surface area contributed by atoms with Gasteiger partial charge in [0.05, 0.1) is 11.8 Å². The number of ether oxygens (including phenoxy) is 1.